The molecule has 0 saturated heterocycles. The van der Waals surface area contributed by atoms with Crippen LogP contribution in [0.3, 0.4) is 0 Å². The van der Waals surface area contributed by atoms with Crippen LogP contribution in [0, 0.1) is 0 Å². The molecule has 0 radical (unpaired) electrons. The highest BCUT2D eigenvalue weighted by atomic mass is 16.5. The van der Waals surface area contributed by atoms with Gasteiger partial charge in [0.15, 0.2) is 0 Å². The molecule has 0 amide bonds. The zero-order chi connectivity index (χ0) is 37.8. The van der Waals surface area contributed by atoms with Crippen LogP contribution in [0.25, 0.3) is 44.5 Å². The fourth-order valence-corrected chi connectivity index (χ4v) is 9.15. The van der Waals surface area contributed by atoms with Gasteiger partial charge in [0.2, 0.25) is 0 Å². The molecule has 9 aromatic carbocycles. The molecule has 2 aliphatic rings. The molecular weight excluding hydrogens is 691 g/mol. The first-order valence-electron chi connectivity index (χ1n) is 19.6. The minimum absolute atomic E-state index is 0.667. The van der Waals surface area contributed by atoms with Crippen LogP contribution in [0.1, 0.15) is 22.3 Å². The molecule has 0 bridgehead atoms. The number of rotatable bonds is 6. The van der Waals surface area contributed by atoms with E-state index in [1.807, 2.05) is 0 Å². The monoisotopic (exact) mass is 727 g/mol. The summed E-state index contributed by atoms with van der Waals surface area (Å²) in [6.45, 7) is 0. The standard InChI is InChI=1S/C55H37NO/c1-5-15-38(16-6-1)41-25-29-45(30-26-41)56(44-21-11-4-12-22-44)46-31-34-54-52(37-46)55(49-23-13-14-24-53(49)57-54)50-35-42(39-17-7-2-8-18-39)27-32-47(50)48-33-28-43(36-51(48)55)40-19-9-3-10-20-40/h1-37H. The van der Waals surface area contributed by atoms with Gasteiger partial charge in [-0.25, -0.2) is 0 Å². The van der Waals surface area contributed by atoms with Gasteiger partial charge in [0.1, 0.15) is 11.5 Å². The Hall–Kier alpha value is -7.42. The van der Waals surface area contributed by atoms with Crippen LogP contribution in [0.5, 0.6) is 11.5 Å². The molecule has 0 unspecified atom stereocenters. The summed E-state index contributed by atoms with van der Waals surface area (Å²) in [6.07, 6.45) is 0. The second-order valence-corrected chi connectivity index (χ2v) is 14.9. The number of fused-ring (bicyclic) bond motifs is 9. The van der Waals surface area contributed by atoms with Crippen molar-refractivity contribution in [1.82, 2.24) is 0 Å². The molecule has 2 nitrogen and oxygen atoms in total. The molecule has 1 aliphatic heterocycles. The second-order valence-electron chi connectivity index (χ2n) is 14.9. The summed E-state index contributed by atoms with van der Waals surface area (Å²) in [4.78, 5) is 2.36. The van der Waals surface area contributed by atoms with Gasteiger partial charge < -0.3 is 9.64 Å². The van der Waals surface area contributed by atoms with Gasteiger partial charge in [-0.05, 0) is 116 Å². The number of benzene rings is 9. The molecule has 57 heavy (non-hydrogen) atoms. The molecule has 11 rings (SSSR count). The predicted molar refractivity (Wildman–Crippen MR) is 235 cm³/mol. The number of para-hydroxylation sites is 2. The molecular formula is C55H37NO. The molecule has 2 heteroatoms. The van der Waals surface area contributed by atoms with E-state index in [2.05, 4.69) is 229 Å². The third kappa shape index (κ3) is 5.33. The Morgan fingerprint density at radius 3 is 1.28 bits per heavy atom. The number of hydrogen-bond acceptors (Lipinski definition) is 2. The van der Waals surface area contributed by atoms with Crippen molar-refractivity contribution in [3.05, 3.63) is 247 Å². The maximum absolute atomic E-state index is 6.92. The van der Waals surface area contributed by atoms with Crippen molar-refractivity contribution >= 4 is 17.1 Å². The van der Waals surface area contributed by atoms with E-state index in [1.165, 1.54) is 55.6 Å². The highest BCUT2D eigenvalue weighted by Gasteiger charge is 2.51. The highest BCUT2D eigenvalue weighted by molar-refractivity contribution is 5.93. The van der Waals surface area contributed by atoms with Crippen molar-refractivity contribution in [3.8, 4) is 56.0 Å². The summed E-state index contributed by atoms with van der Waals surface area (Å²) in [5, 5.41) is 0. The SMILES string of the molecule is c1ccc(-c2ccc(N(c3ccccc3)c3ccc4c(c3)C3(c5ccccc5O4)c4cc(-c5ccccc5)ccc4-c4ccc(-c5ccccc5)cc43)cc2)cc1. The van der Waals surface area contributed by atoms with Crippen LogP contribution in [0.2, 0.25) is 0 Å². The summed E-state index contributed by atoms with van der Waals surface area (Å²) >= 11 is 0. The third-order valence-corrected chi connectivity index (χ3v) is 11.7. The molecule has 0 atom stereocenters. The average molecular weight is 728 g/mol. The Labute approximate surface area is 333 Å². The van der Waals surface area contributed by atoms with Gasteiger partial charge in [0, 0.05) is 28.2 Å². The van der Waals surface area contributed by atoms with Crippen molar-refractivity contribution in [3.63, 3.8) is 0 Å². The quantitative estimate of drug-likeness (QED) is 0.169. The van der Waals surface area contributed by atoms with E-state index >= 15 is 0 Å². The van der Waals surface area contributed by atoms with Crippen molar-refractivity contribution in [1.29, 1.82) is 0 Å². The zero-order valence-corrected chi connectivity index (χ0v) is 31.2. The Kier molecular flexibility index (Phi) is 7.75. The first kappa shape index (κ1) is 33.0. The first-order chi connectivity index (χ1) is 28.3. The van der Waals surface area contributed by atoms with E-state index in [0.717, 1.165) is 39.7 Å². The molecule has 1 heterocycles. The summed E-state index contributed by atoms with van der Waals surface area (Å²) in [5.41, 5.74) is 17.0. The van der Waals surface area contributed by atoms with Gasteiger partial charge in [-0.2, -0.15) is 0 Å². The van der Waals surface area contributed by atoms with Crippen molar-refractivity contribution in [2.45, 2.75) is 5.41 Å². The lowest BCUT2D eigenvalue weighted by Crippen LogP contribution is -2.32. The highest BCUT2D eigenvalue weighted by Crippen LogP contribution is 2.63. The van der Waals surface area contributed by atoms with Gasteiger partial charge >= 0.3 is 0 Å². The van der Waals surface area contributed by atoms with Crippen LogP contribution < -0.4 is 9.64 Å². The van der Waals surface area contributed by atoms with Crippen LogP contribution in [0.4, 0.5) is 17.1 Å². The average Bonchev–Trinajstić information content (AvgIpc) is 3.57. The van der Waals surface area contributed by atoms with Gasteiger partial charge in [0.05, 0.1) is 5.41 Å². The Bertz CT molecular complexity index is 2810. The van der Waals surface area contributed by atoms with Crippen LogP contribution >= 0.6 is 0 Å². The van der Waals surface area contributed by atoms with Crippen molar-refractivity contribution in [2.24, 2.45) is 0 Å². The molecule has 268 valence electrons. The lowest BCUT2D eigenvalue weighted by Gasteiger charge is -2.40. The van der Waals surface area contributed by atoms with Crippen LogP contribution in [-0.2, 0) is 5.41 Å². The molecule has 0 saturated carbocycles. The summed E-state index contributed by atoms with van der Waals surface area (Å²) in [6, 6.07) is 81.1. The first-order valence-corrected chi connectivity index (χ1v) is 19.6. The number of hydrogen-bond donors (Lipinski definition) is 0. The maximum Gasteiger partial charge on any atom is 0.132 e. The van der Waals surface area contributed by atoms with E-state index < -0.39 is 5.41 Å². The van der Waals surface area contributed by atoms with E-state index in [9.17, 15) is 0 Å². The van der Waals surface area contributed by atoms with Gasteiger partial charge in [-0.3, -0.25) is 0 Å². The summed E-state index contributed by atoms with van der Waals surface area (Å²) < 4.78 is 6.92. The smallest absolute Gasteiger partial charge is 0.132 e. The maximum atomic E-state index is 6.92. The molecule has 0 aromatic heterocycles. The van der Waals surface area contributed by atoms with Crippen LogP contribution in [-0.4, -0.2) is 0 Å². The van der Waals surface area contributed by atoms with E-state index in [4.69, 9.17) is 4.74 Å². The summed E-state index contributed by atoms with van der Waals surface area (Å²) in [7, 11) is 0. The van der Waals surface area contributed by atoms with Crippen LogP contribution in [0.15, 0.2) is 224 Å². The zero-order valence-electron chi connectivity index (χ0n) is 31.2. The Morgan fingerprint density at radius 2 is 0.702 bits per heavy atom. The Balaban J connectivity index is 1.18. The third-order valence-electron chi connectivity index (χ3n) is 11.7. The topological polar surface area (TPSA) is 12.5 Å². The second kappa shape index (κ2) is 13.4. The minimum Gasteiger partial charge on any atom is -0.457 e. The lowest BCUT2D eigenvalue weighted by molar-refractivity contribution is 0.436. The molecule has 9 aromatic rings. The molecule has 1 aliphatic carbocycles. The number of ether oxygens (including phenoxy) is 1. The minimum atomic E-state index is -0.667. The largest absolute Gasteiger partial charge is 0.457 e. The molecule has 0 N–H and O–H groups in total. The number of anilines is 3. The van der Waals surface area contributed by atoms with Crippen molar-refractivity contribution < 1.29 is 4.74 Å². The molecule has 1 spiro atoms. The van der Waals surface area contributed by atoms with E-state index in [-0.39, 0.29) is 0 Å². The van der Waals surface area contributed by atoms with E-state index in [1.54, 1.807) is 0 Å². The fraction of sp³-hybridized carbons (Fsp3) is 0.0182. The Morgan fingerprint density at radius 1 is 0.281 bits per heavy atom. The molecule has 0 fully saturated rings. The predicted octanol–water partition coefficient (Wildman–Crippen LogP) is 14.6. The fourth-order valence-electron chi connectivity index (χ4n) is 9.15. The van der Waals surface area contributed by atoms with Gasteiger partial charge in [0.25, 0.3) is 0 Å². The van der Waals surface area contributed by atoms with E-state index in [0.29, 0.717) is 0 Å². The van der Waals surface area contributed by atoms with Crippen molar-refractivity contribution in [2.75, 3.05) is 4.90 Å². The normalized spacial score (nSPS) is 12.8. The van der Waals surface area contributed by atoms with Gasteiger partial charge in [-0.1, -0.05) is 164 Å². The lowest BCUT2D eigenvalue weighted by atomic mass is 9.65. The number of nitrogens with zero attached hydrogens (tertiary/aromatic N) is 1. The summed E-state index contributed by atoms with van der Waals surface area (Å²) in [5.74, 6) is 1.74. The van der Waals surface area contributed by atoms with Gasteiger partial charge in [-0.15, -0.1) is 0 Å².